The molecule has 1 heterocycles. The number of benzene rings is 3. The van der Waals surface area contributed by atoms with Gasteiger partial charge in [-0.05, 0) is 92.2 Å². The summed E-state index contributed by atoms with van der Waals surface area (Å²) in [7, 11) is 0. The van der Waals surface area contributed by atoms with E-state index in [0.717, 1.165) is 10.8 Å². The molecular weight excluding hydrogens is 599 g/mol. The Hall–Kier alpha value is -5.00. The lowest BCUT2D eigenvalue weighted by Crippen LogP contribution is -2.41. The number of nitrogens with two attached hydrogens (primary N) is 1. The van der Waals surface area contributed by atoms with Gasteiger partial charge >= 0.3 is 12.1 Å². The quantitative estimate of drug-likeness (QED) is 0.148. The summed E-state index contributed by atoms with van der Waals surface area (Å²) in [5.41, 5.74) is 7.86. The minimum Gasteiger partial charge on any atom is -0.490 e. The highest BCUT2D eigenvalue weighted by Crippen LogP contribution is 2.34. The van der Waals surface area contributed by atoms with Crippen molar-refractivity contribution in [1.82, 2.24) is 10.3 Å². The largest absolute Gasteiger partial charge is 0.490 e. The maximum absolute atomic E-state index is 13.8. The molecule has 0 saturated carbocycles. The van der Waals surface area contributed by atoms with Crippen molar-refractivity contribution in [3.8, 4) is 11.5 Å². The van der Waals surface area contributed by atoms with Gasteiger partial charge in [0.1, 0.15) is 11.9 Å². The van der Waals surface area contributed by atoms with Crippen molar-refractivity contribution in [3.05, 3.63) is 84.1 Å². The second-order valence-electron chi connectivity index (χ2n) is 10.9. The van der Waals surface area contributed by atoms with Gasteiger partial charge in [0.2, 0.25) is 5.91 Å². The lowest BCUT2D eigenvalue weighted by molar-refractivity contribution is -0.170. The molecule has 3 aromatic carbocycles. The molecule has 0 aliphatic rings. The number of halogens is 3. The zero-order chi connectivity index (χ0) is 33.4. The molecular formula is C34H38F3N5O4. The number of alkyl halides is 3. The standard InChI is InChI=1S/C34H38F3N5O4/c1-5-16-42(33(44)34(35,36)37)26-9-7-8-22(17-26)20-40-32(43)30(24-10-13-28(46-21(3)4)29(19-24)45-6-2)41-25-11-12-27-23(18-25)14-15-39-31(27)38/h7-15,17-19,21,30,41H,5-6,16,20H2,1-4H3,(H2,38,39)(H,40,43). The van der Waals surface area contributed by atoms with Crippen LogP contribution in [0.4, 0.5) is 30.4 Å². The SMILES string of the molecule is CCCN(C(=O)C(F)(F)F)c1cccc(CNC(=O)C(Nc2ccc3c(N)nccc3c2)c2ccc(OC(C)C)c(OCC)c2)c1. The summed E-state index contributed by atoms with van der Waals surface area (Å²) in [5.74, 6) is -0.949. The molecule has 0 radical (unpaired) electrons. The van der Waals surface area contributed by atoms with E-state index in [1.54, 1.807) is 49.5 Å². The highest BCUT2D eigenvalue weighted by Gasteiger charge is 2.42. The van der Waals surface area contributed by atoms with E-state index in [2.05, 4.69) is 15.6 Å². The summed E-state index contributed by atoms with van der Waals surface area (Å²) >= 11 is 0. The van der Waals surface area contributed by atoms with Crippen LogP contribution in [0.25, 0.3) is 10.8 Å². The number of pyridine rings is 1. The van der Waals surface area contributed by atoms with E-state index in [1.807, 2.05) is 39.0 Å². The number of anilines is 3. The average molecular weight is 638 g/mol. The molecule has 12 heteroatoms. The number of nitrogens with one attached hydrogen (secondary N) is 2. The molecule has 0 saturated heterocycles. The monoisotopic (exact) mass is 637 g/mol. The van der Waals surface area contributed by atoms with Crippen LogP contribution in [0.15, 0.2) is 72.9 Å². The van der Waals surface area contributed by atoms with E-state index >= 15 is 0 Å². The third kappa shape index (κ3) is 8.38. The van der Waals surface area contributed by atoms with E-state index in [0.29, 0.717) is 52.1 Å². The van der Waals surface area contributed by atoms with E-state index in [1.165, 1.54) is 12.1 Å². The molecule has 0 aliphatic carbocycles. The Morgan fingerprint density at radius 1 is 1.00 bits per heavy atom. The number of hydrogen-bond donors (Lipinski definition) is 3. The molecule has 1 unspecified atom stereocenters. The first-order valence-electron chi connectivity index (χ1n) is 15.0. The van der Waals surface area contributed by atoms with E-state index in [9.17, 15) is 22.8 Å². The van der Waals surface area contributed by atoms with Crippen LogP contribution in [0.1, 0.15) is 51.3 Å². The third-order valence-electron chi connectivity index (χ3n) is 6.96. The first-order chi connectivity index (χ1) is 21.9. The predicted molar refractivity (Wildman–Crippen MR) is 173 cm³/mol. The van der Waals surface area contributed by atoms with Crippen LogP contribution in [0.5, 0.6) is 11.5 Å². The van der Waals surface area contributed by atoms with Crippen LogP contribution in [0.3, 0.4) is 0 Å². The number of aromatic nitrogens is 1. The Bertz CT molecular complexity index is 1680. The first kappa shape index (κ1) is 33.9. The summed E-state index contributed by atoms with van der Waals surface area (Å²) < 4.78 is 51.6. The van der Waals surface area contributed by atoms with Crippen molar-refractivity contribution in [2.75, 3.05) is 29.1 Å². The lowest BCUT2D eigenvalue weighted by atomic mass is 10.0. The highest BCUT2D eigenvalue weighted by atomic mass is 19.4. The fourth-order valence-corrected chi connectivity index (χ4v) is 4.93. The topological polar surface area (TPSA) is 119 Å². The highest BCUT2D eigenvalue weighted by molar-refractivity contribution is 5.97. The van der Waals surface area contributed by atoms with Crippen LogP contribution >= 0.6 is 0 Å². The van der Waals surface area contributed by atoms with Gasteiger partial charge < -0.3 is 30.7 Å². The fraction of sp³-hybridized carbons (Fsp3) is 0.324. The summed E-state index contributed by atoms with van der Waals surface area (Å²) in [6, 6.07) is 17.8. The van der Waals surface area contributed by atoms with Crippen molar-refractivity contribution < 1.29 is 32.2 Å². The molecule has 46 heavy (non-hydrogen) atoms. The fourth-order valence-electron chi connectivity index (χ4n) is 4.93. The molecule has 0 aliphatic heterocycles. The Labute approximate surface area is 265 Å². The summed E-state index contributed by atoms with van der Waals surface area (Å²) in [6.07, 6.45) is -3.18. The number of hydrogen-bond acceptors (Lipinski definition) is 7. The van der Waals surface area contributed by atoms with Crippen LogP contribution in [0.2, 0.25) is 0 Å². The third-order valence-corrected chi connectivity index (χ3v) is 6.96. The molecule has 0 spiro atoms. The smallest absolute Gasteiger partial charge is 0.471 e. The van der Waals surface area contributed by atoms with Crippen LogP contribution in [-0.2, 0) is 16.1 Å². The lowest BCUT2D eigenvalue weighted by Gasteiger charge is -2.24. The molecule has 4 N–H and O–H groups in total. The van der Waals surface area contributed by atoms with Gasteiger partial charge in [-0.15, -0.1) is 0 Å². The van der Waals surface area contributed by atoms with Crippen LogP contribution in [0, 0.1) is 0 Å². The molecule has 0 bridgehead atoms. The number of amides is 2. The minimum absolute atomic E-state index is 0.00217. The number of carbonyl (C=O) groups is 2. The first-order valence-corrected chi connectivity index (χ1v) is 15.0. The molecule has 1 aromatic heterocycles. The maximum atomic E-state index is 13.8. The summed E-state index contributed by atoms with van der Waals surface area (Å²) in [6.45, 7) is 7.61. The van der Waals surface area contributed by atoms with Gasteiger partial charge in [0.25, 0.3) is 0 Å². The van der Waals surface area contributed by atoms with E-state index < -0.39 is 24.0 Å². The van der Waals surface area contributed by atoms with Crippen LogP contribution in [-0.4, -0.2) is 42.2 Å². The minimum atomic E-state index is -5.01. The second-order valence-corrected chi connectivity index (χ2v) is 10.9. The van der Waals surface area contributed by atoms with Crippen molar-refractivity contribution in [1.29, 1.82) is 0 Å². The van der Waals surface area contributed by atoms with Gasteiger partial charge in [-0.1, -0.05) is 25.1 Å². The molecule has 244 valence electrons. The maximum Gasteiger partial charge on any atom is 0.471 e. The van der Waals surface area contributed by atoms with Gasteiger partial charge in [-0.25, -0.2) is 4.98 Å². The Balaban J connectivity index is 1.64. The number of nitrogen functional groups attached to an aromatic ring is 1. The zero-order valence-corrected chi connectivity index (χ0v) is 26.1. The normalized spacial score (nSPS) is 12.1. The Morgan fingerprint density at radius 3 is 2.48 bits per heavy atom. The van der Waals surface area contributed by atoms with Crippen LogP contribution < -0.4 is 30.7 Å². The zero-order valence-electron chi connectivity index (χ0n) is 26.1. The van der Waals surface area contributed by atoms with E-state index in [-0.39, 0.29) is 24.9 Å². The second kappa shape index (κ2) is 14.9. The molecule has 0 fully saturated rings. The number of rotatable bonds is 13. The van der Waals surface area contributed by atoms with Crippen molar-refractivity contribution in [2.24, 2.45) is 0 Å². The van der Waals surface area contributed by atoms with Crippen molar-refractivity contribution >= 4 is 39.8 Å². The molecule has 4 aromatic rings. The van der Waals surface area contributed by atoms with Gasteiger partial charge in [0.15, 0.2) is 11.5 Å². The predicted octanol–water partition coefficient (Wildman–Crippen LogP) is 6.78. The van der Waals surface area contributed by atoms with Gasteiger partial charge in [0, 0.05) is 36.0 Å². The van der Waals surface area contributed by atoms with E-state index in [4.69, 9.17) is 15.2 Å². The number of fused-ring (bicyclic) bond motifs is 1. The Kier molecular flexibility index (Phi) is 10.9. The average Bonchev–Trinajstić information content (AvgIpc) is 3.01. The van der Waals surface area contributed by atoms with Gasteiger partial charge in [-0.2, -0.15) is 13.2 Å². The number of carbonyl (C=O) groups excluding carboxylic acids is 2. The Morgan fingerprint density at radius 2 is 1.78 bits per heavy atom. The summed E-state index contributed by atoms with van der Waals surface area (Å²) in [5, 5.41) is 7.79. The van der Waals surface area contributed by atoms with Crippen molar-refractivity contribution in [2.45, 2.75) is 59.0 Å². The summed E-state index contributed by atoms with van der Waals surface area (Å²) in [4.78, 5) is 30.8. The molecule has 9 nitrogen and oxygen atoms in total. The molecule has 4 rings (SSSR count). The number of nitrogens with zero attached hydrogens (tertiary/aromatic N) is 2. The molecule has 2 amide bonds. The van der Waals surface area contributed by atoms with Gasteiger partial charge in [-0.3, -0.25) is 9.59 Å². The van der Waals surface area contributed by atoms with Crippen molar-refractivity contribution in [3.63, 3.8) is 0 Å². The van der Waals surface area contributed by atoms with Gasteiger partial charge in [0.05, 0.1) is 12.7 Å². The molecule has 1 atom stereocenters. The number of ether oxygens (including phenoxy) is 2.